The minimum absolute atomic E-state index is 0.00733. The first-order valence-electron chi connectivity index (χ1n) is 8.30. The summed E-state index contributed by atoms with van der Waals surface area (Å²) >= 11 is 0. The van der Waals surface area contributed by atoms with E-state index in [4.69, 9.17) is 0 Å². The molecule has 1 amide bonds. The average Bonchev–Trinajstić information content (AvgIpc) is 2.61. The van der Waals surface area contributed by atoms with Crippen molar-refractivity contribution in [1.82, 2.24) is 9.88 Å². The highest BCUT2D eigenvalue weighted by Crippen LogP contribution is 2.22. The third kappa shape index (κ3) is 3.99. The lowest BCUT2D eigenvalue weighted by molar-refractivity contribution is 0.0720. The average molecular weight is 359 g/mol. The van der Waals surface area contributed by atoms with Crippen molar-refractivity contribution in [1.29, 1.82) is 0 Å². The fourth-order valence-corrected chi connectivity index (χ4v) is 4.20. The molecular weight excluding hydrogens is 338 g/mol. The van der Waals surface area contributed by atoms with Gasteiger partial charge in [0.05, 0.1) is 17.4 Å². The largest absolute Gasteiger partial charge is 0.339 e. The zero-order valence-electron chi connectivity index (χ0n) is 14.1. The quantitative estimate of drug-likeness (QED) is 0.910. The molecular formula is C18H21N3O3S. The summed E-state index contributed by atoms with van der Waals surface area (Å²) in [7, 11) is -3.88. The molecule has 1 aromatic carbocycles. The fraction of sp³-hybridized carbons (Fsp3) is 0.333. The van der Waals surface area contributed by atoms with E-state index in [1.165, 1.54) is 12.3 Å². The second-order valence-corrected chi connectivity index (χ2v) is 7.86. The molecule has 0 aliphatic carbocycles. The summed E-state index contributed by atoms with van der Waals surface area (Å²) in [6, 6.07) is 8.03. The Bertz CT molecular complexity index is 875. The van der Waals surface area contributed by atoms with Crippen molar-refractivity contribution in [3.05, 3.63) is 53.9 Å². The fourth-order valence-electron chi connectivity index (χ4n) is 2.97. The van der Waals surface area contributed by atoms with Crippen LogP contribution in [0.25, 0.3) is 0 Å². The van der Waals surface area contributed by atoms with Gasteiger partial charge in [-0.05, 0) is 49.9 Å². The van der Waals surface area contributed by atoms with Gasteiger partial charge in [-0.3, -0.25) is 14.5 Å². The van der Waals surface area contributed by atoms with Gasteiger partial charge in [0.15, 0.2) is 0 Å². The van der Waals surface area contributed by atoms with Gasteiger partial charge in [0.25, 0.3) is 15.9 Å². The Morgan fingerprint density at radius 1 is 1.12 bits per heavy atom. The van der Waals surface area contributed by atoms with Gasteiger partial charge in [-0.2, -0.15) is 0 Å². The number of pyridine rings is 1. The van der Waals surface area contributed by atoms with Crippen LogP contribution in [0.5, 0.6) is 0 Å². The smallest absolute Gasteiger partial charge is 0.262 e. The van der Waals surface area contributed by atoms with E-state index in [9.17, 15) is 13.2 Å². The van der Waals surface area contributed by atoms with Crippen LogP contribution >= 0.6 is 0 Å². The number of carbonyl (C=O) groups is 1. The molecule has 0 spiro atoms. The Balaban J connectivity index is 1.92. The molecule has 1 aromatic heterocycles. The van der Waals surface area contributed by atoms with Crippen molar-refractivity contribution in [2.45, 2.75) is 31.1 Å². The Labute approximate surface area is 147 Å². The highest BCUT2D eigenvalue weighted by molar-refractivity contribution is 7.92. The zero-order chi connectivity index (χ0) is 17.9. The summed E-state index contributed by atoms with van der Waals surface area (Å²) in [5, 5.41) is 0. The molecule has 2 aromatic rings. The van der Waals surface area contributed by atoms with Gasteiger partial charge in [0.2, 0.25) is 0 Å². The standard InChI is InChI=1S/C18H21N3O3S/c1-14-11-15(13-19-12-14)20-25(23,24)17-8-4-3-7-16(17)18(22)21-9-5-2-6-10-21/h3-4,7-8,11-13,20H,2,5-6,9-10H2,1H3. The van der Waals surface area contributed by atoms with Gasteiger partial charge in [0, 0.05) is 19.3 Å². The molecule has 0 atom stereocenters. The topological polar surface area (TPSA) is 79.4 Å². The summed E-state index contributed by atoms with van der Waals surface area (Å²) in [6.07, 6.45) is 6.10. The predicted molar refractivity (Wildman–Crippen MR) is 96.0 cm³/mol. The molecule has 1 saturated heterocycles. The number of aromatic nitrogens is 1. The third-order valence-corrected chi connectivity index (χ3v) is 5.62. The minimum atomic E-state index is -3.88. The molecule has 132 valence electrons. The Morgan fingerprint density at radius 3 is 2.56 bits per heavy atom. The number of benzene rings is 1. The first-order valence-corrected chi connectivity index (χ1v) is 9.78. The van der Waals surface area contributed by atoms with Crippen LogP contribution in [-0.4, -0.2) is 37.3 Å². The van der Waals surface area contributed by atoms with E-state index in [1.807, 2.05) is 6.92 Å². The Hall–Kier alpha value is -2.41. The molecule has 1 N–H and O–H groups in total. The van der Waals surface area contributed by atoms with Crippen molar-refractivity contribution in [2.24, 2.45) is 0 Å². The van der Waals surface area contributed by atoms with Gasteiger partial charge in [-0.1, -0.05) is 12.1 Å². The maximum Gasteiger partial charge on any atom is 0.262 e. The summed E-state index contributed by atoms with van der Waals surface area (Å²) in [4.78, 5) is 18.5. The lowest BCUT2D eigenvalue weighted by Crippen LogP contribution is -2.36. The number of aryl methyl sites for hydroxylation is 1. The van der Waals surface area contributed by atoms with Crippen LogP contribution in [0.3, 0.4) is 0 Å². The van der Waals surface area contributed by atoms with E-state index in [1.54, 1.807) is 35.4 Å². The van der Waals surface area contributed by atoms with Gasteiger partial charge in [-0.25, -0.2) is 8.42 Å². The summed E-state index contributed by atoms with van der Waals surface area (Å²) < 4.78 is 28.1. The SMILES string of the molecule is Cc1cncc(NS(=O)(=O)c2ccccc2C(=O)N2CCCCC2)c1. The van der Waals surface area contributed by atoms with E-state index in [0.717, 1.165) is 24.8 Å². The Morgan fingerprint density at radius 2 is 1.84 bits per heavy atom. The highest BCUT2D eigenvalue weighted by atomic mass is 32.2. The maximum absolute atomic E-state index is 12.8. The molecule has 25 heavy (non-hydrogen) atoms. The summed E-state index contributed by atoms with van der Waals surface area (Å²) in [5.74, 6) is -0.233. The first-order chi connectivity index (χ1) is 12.0. The number of nitrogens with zero attached hydrogens (tertiary/aromatic N) is 2. The van der Waals surface area contributed by atoms with E-state index in [-0.39, 0.29) is 16.4 Å². The van der Waals surface area contributed by atoms with Gasteiger partial charge in [0.1, 0.15) is 4.90 Å². The second-order valence-electron chi connectivity index (χ2n) is 6.21. The van der Waals surface area contributed by atoms with E-state index in [0.29, 0.717) is 18.8 Å². The normalized spacial score (nSPS) is 15.0. The third-order valence-electron chi connectivity index (χ3n) is 4.18. The first kappa shape index (κ1) is 17.4. The van der Waals surface area contributed by atoms with Crippen LogP contribution in [0.4, 0.5) is 5.69 Å². The number of rotatable bonds is 4. The number of anilines is 1. The maximum atomic E-state index is 12.8. The van der Waals surface area contributed by atoms with Crippen LogP contribution in [-0.2, 0) is 10.0 Å². The molecule has 2 heterocycles. The molecule has 1 aliphatic heterocycles. The van der Waals surface area contributed by atoms with Crippen LogP contribution in [0, 0.1) is 6.92 Å². The van der Waals surface area contributed by atoms with E-state index >= 15 is 0 Å². The summed E-state index contributed by atoms with van der Waals surface area (Å²) in [5.41, 5.74) is 1.43. The molecule has 7 heteroatoms. The van der Waals surface area contributed by atoms with Crippen molar-refractivity contribution < 1.29 is 13.2 Å². The Kier molecular flexibility index (Phi) is 5.03. The van der Waals surface area contributed by atoms with Crippen LogP contribution < -0.4 is 4.72 Å². The van der Waals surface area contributed by atoms with Crippen molar-refractivity contribution in [3.63, 3.8) is 0 Å². The highest BCUT2D eigenvalue weighted by Gasteiger charge is 2.26. The van der Waals surface area contributed by atoms with Crippen molar-refractivity contribution in [2.75, 3.05) is 17.8 Å². The lowest BCUT2D eigenvalue weighted by Gasteiger charge is -2.27. The molecule has 0 saturated carbocycles. The van der Waals surface area contributed by atoms with E-state index in [2.05, 4.69) is 9.71 Å². The number of likely N-dealkylation sites (tertiary alicyclic amines) is 1. The number of hydrogen-bond donors (Lipinski definition) is 1. The number of carbonyl (C=O) groups excluding carboxylic acids is 1. The van der Waals surface area contributed by atoms with E-state index < -0.39 is 10.0 Å². The molecule has 3 rings (SSSR count). The van der Waals surface area contributed by atoms with Crippen molar-refractivity contribution in [3.8, 4) is 0 Å². The van der Waals surface area contributed by atoms with Gasteiger partial charge < -0.3 is 4.90 Å². The number of amides is 1. The van der Waals surface area contributed by atoms with Gasteiger partial charge in [-0.15, -0.1) is 0 Å². The molecule has 0 unspecified atom stereocenters. The number of hydrogen-bond acceptors (Lipinski definition) is 4. The molecule has 0 radical (unpaired) electrons. The van der Waals surface area contributed by atoms with Crippen molar-refractivity contribution >= 4 is 21.6 Å². The number of sulfonamides is 1. The van der Waals surface area contributed by atoms with Crippen LogP contribution in [0.2, 0.25) is 0 Å². The number of nitrogens with one attached hydrogen (secondary N) is 1. The monoisotopic (exact) mass is 359 g/mol. The van der Waals surface area contributed by atoms with Crippen LogP contribution in [0.1, 0.15) is 35.2 Å². The minimum Gasteiger partial charge on any atom is -0.339 e. The molecule has 0 bridgehead atoms. The van der Waals surface area contributed by atoms with Crippen LogP contribution in [0.15, 0.2) is 47.6 Å². The lowest BCUT2D eigenvalue weighted by atomic mass is 10.1. The van der Waals surface area contributed by atoms with Gasteiger partial charge >= 0.3 is 0 Å². The second kappa shape index (κ2) is 7.23. The molecule has 6 nitrogen and oxygen atoms in total. The molecule has 1 aliphatic rings. The molecule has 1 fully saturated rings. The zero-order valence-corrected chi connectivity index (χ0v) is 14.9. The summed E-state index contributed by atoms with van der Waals surface area (Å²) in [6.45, 7) is 3.17. The predicted octanol–water partition coefficient (Wildman–Crippen LogP) is 2.82. The number of piperidine rings is 1.